The normalized spacial score (nSPS) is 20.5. The maximum absolute atomic E-state index is 6.34. The van der Waals surface area contributed by atoms with Gasteiger partial charge in [-0.15, -0.1) is 0 Å². The fourth-order valence-electron chi connectivity index (χ4n) is 6.77. The zero-order chi connectivity index (χ0) is 28.4. The minimum absolute atomic E-state index is 0.415. The molecule has 7 heteroatoms. The highest BCUT2D eigenvalue weighted by Crippen LogP contribution is 2.29. The zero-order valence-corrected chi connectivity index (χ0v) is 26.0. The second-order valence-electron chi connectivity index (χ2n) is 12.4. The number of imidazole rings is 1. The fourth-order valence-corrected chi connectivity index (χ4v) is 6.90. The van der Waals surface area contributed by atoms with Crippen molar-refractivity contribution in [1.82, 2.24) is 19.4 Å². The van der Waals surface area contributed by atoms with Crippen molar-refractivity contribution in [1.29, 1.82) is 0 Å². The summed E-state index contributed by atoms with van der Waals surface area (Å²) in [4.78, 5) is 10.0. The largest absolute Gasteiger partial charge is 0.491 e. The lowest BCUT2D eigenvalue weighted by molar-refractivity contribution is 0.198. The SMILES string of the molecule is CN1CCCC(CCCCCOc2cccc3c2nc(COc2ccc(Cl)cc2)n3CCCC2CCCN(C)C2)C1. The molecule has 0 N–H and O–H groups in total. The first-order valence-corrected chi connectivity index (χ1v) is 16.3. The van der Waals surface area contributed by atoms with Gasteiger partial charge in [-0.2, -0.15) is 0 Å². The van der Waals surface area contributed by atoms with E-state index in [1.165, 1.54) is 77.5 Å². The van der Waals surface area contributed by atoms with Crippen LogP contribution in [0.25, 0.3) is 11.0 Å². The highest BCUT2D eigenvalue weighted by atomic mass is 35.5. The van der Waals surface area contributed by atoms with Crippen LogP contribution in [0.1, 0.15) is 70.0 Å². The number of likely N-dealkylation sites (tertiary alicyclic amines) is 2. The van der Waals surface area contributed by atoms with Crippen LogP contribution in [-0.4, -0.2) is 66.2 Å². The molecular formula is C34H49ClN4O2. The first-order valence-electron chi connectivity index (χ1n) is 15.9. The summed E-state index contributed by atoms with van der Waals surface area (Å²) in [5, 5.41) is 0.710. The van der Waals surface area contributed by atoms with Gasteiger partial charge < -0.3 is 23.8 Å². The minimum Gasteiger partial charge on any atom is -0.491 e. The maximum atomic E-state index is 6.34. The van der Waals surface area contributed by atoms with Gasteiger partial charge in [-0.3, -0.25) is 0 Å². The van der Waals surface area contributed by atoms with Crippen LogP contribution in [0.3, 0.4) is 0 Å². The standard InChI is InChI=1S/C34H49ClN4O2/c1-37-20-7-11-27(24-37)10-4-3-5-23-40-32-15-6-14-31-34(32)36-33(26-41-30-18-16-29(35)17-19-30)39(31)22-9-13-28-12-8-21-38(2)25-28/h6,14-19,27-28H,3-5,7-13,20-26H2,1-2H3. The Bertz CT molecular complexity index is 1210. The molecule has 2 unspecified atom stereocenters. The number of aryl methyl sites for hydroxylation is 1. The van der Waals surface area contributed by atoms with E-state index < -0.39 is 0 Å². The van der Waals surface area contributed by atoms with Crippen molar-refractivity contribution >= 4 is 22.6 Å². The number of nitrogens with zero attached hydrogens (tertiary/aromatic N) is 4. The van der Waals surface area contributed by atoms with Crippen molar-refractivity contribution in [3.63, 3.8) is 0 Å². The number of halogens is 1. The Labute approximate surface area is 252 Å². The van der Waals surface area contributed by atoms with Gasteiger partial charge in [-0.05, 0) is 127 Å². The molecule has 0 saturated carbocycles. The maximum Gasteiger partial charge on any atom is 0.148 e. The number of ether oxygens (including phenoxy) is 2. The molecule has 5 rings (SSSR count). The first kappa shape index (κ1) is 30.2. The number of piperidine rings is 2. The van der Waals surface area contributed by atoms with E-state index in [2.05, 4.69) is 46.7 Å². The lowest BCUT2D eigenvalue weighted by Gasteiger charge is -2.29. The molecule has 2 atom stereocenters. The highest BCUT2D eigenvalue weighted by molar-refractivity contribution is 6.30. The first-order chi connectivity index (χ1) is 20.0. The number of rotatable bonds is 14. The summed E-state index contributed by atoms with van der Waals surface area (Å²) in [6, 6.07) is 13.9. The van der Waals surface area contributed by atoms with Crippen LogP contribution in [-0.2, 0) is 13.2 Å². The molecule has 3 heterocycles. The monoisotopic (exact) mass is 580 g/mol. The second kappa shape index (κ2) is 15.3. The van der Waals surface area contributed by atoms with Gasteiger partial charge in [0, 0.05) is 24.7 Å². The average Bonchev–Trinajstić information content (AvgIpc) is 3.33. The number of hydrogen-bond donors (Lipinski definition) is 0. The van der Waals surface area contributed by atoms with Crippen molar-refractivity contribution in [2.45, 2.75) is 77.4 Å². The molecule has 2 aliphatic rings. The number of aromatic nitrogens is 2. The van der Waals surface area contributed by atoms with Crippen molar-refractivity contribution in [3.05, 3.63) is 53.3 Å². The van der Waals surface area contributed by atoms with E-state index in [0.717, 1.165) is 66.2 Å². The smallest absolute Gasteiger partial charge is 0.148 e. The van der Waals surface area contributed by atoms with E-state index in [-0.39, 0.29) is 0 Å². The van der Waals surface area contributed by atoms with E-state index in [0.29, 0.717) is 11.6 Å². The molecule has 0 amide bonds. The Morgan fingerprint density at radius 3 is 2.24 bits per heavy atom. The summed E-state index contributed by atoms with van der Waals surface area (Å²) in [7, 11) is 4.51. The molecule has 1 aromatic heterocycles. The Hall–Kier alpha value is -2.28. The van der Waals surface area contributed by atoms with E-state index in [1.807, 2.05) is 24.3 Å². The fraction of sp³-hybridized carbons (Fsp3) is 0.618. The van der Waals surface area contributed by atoms with E-state index >= 15 is 0 Å². The Morgan fingerprint density at radius 1 is 0.829 bits per heavy atom. The van der Waals surface area contributed by atoms with Crippen LogP contribution in [0, 0.1) is 11.8 Å². The van der Waals surface area contributed by atoms with Crippen LogP contribution in [0.15, 0.2) is 42.5 Å². The zero-order valence-electron chi connectivity index (χ0n) is 25.2. The van der Waals surface area contributed by atoms with Crippen LogP contribution < -0.4 is 9.47 Å². The van der Waals surface area contributed by atoms with Crippen molar-refractivity contribution in [2.75, 3.05) is 46.9 Å². The van der Waals surface area contributed by atoms with Gasteiger partial charge in [0.05, 0.1) is 12.1 Å². The van der Waals surface area contributed by atoms with Crippen LogP contribution >= 0.6 is 11.6 Å². The molecular weight excluding hydrogens is 532 g/mol. The molecule has 2 fully saturated rings. The van der Waals surface area contributed by atoms with Crippen LogP contribution in [0.5, 0.6) is 11.5 Å². The minimum atomic E-state index is 0.415. The highest BCUT2D eigenvalue weighted by Gasteiger charge is 2.19. The molecule has 2 saturated heterocycles. The van der Waals surface area contributed by atoms with Gasteiger partial charge >= 0.3 is 0 Å². The van der Waals surface area contributed by atoms with Crippen LogP contribution in [0.4, 0.5) is 0 Å². The molecule has 0 bridgehead atoms. The topological polar surface area (TPSA) is 42.8 Å². The lowest BCUT2D eigenvalue weighted by atomic mass is 9.93. The summed E-state index contributed by atoms with van der Waals surface area (Å²) in [6.45, 7) is 7.07. The molecule has 0 aliphatic carbocycles. The molecule has 3 aromatic rings. The molecule has 6 nitrogen and oxygen atoms in total. The van der Waals surface area contributed by atoms with Gasteiger partial charge in [-0.1, -0.05) is 30.5 Å². The van der Waals surface area contributed by atoms with Crippen molar-refractivity contribution < 1.29 is 9.47 Å². The third-order valence-electron chi connectivity index (χ3n) is 8.96. The Morgan fingerprint density at radius 2 is 1.54 bits per heavy atom. The molecule has 224 valence electrons. The third kappa shape index (κ3) is 8.86. The predicted molar refractivity (Wildman–Crippen MR) is 169 cm³/mol. The molecule has 0 spiro atoms. The Kier molecular flexibility index (Phi) is 11.2. The molecule has 2 aliphatic heterocycles. The quantitative estimate of drug-likeness (QED) is 0.183. The summed E-state index contributed by atoms with van der Waals surface area (Å²) < 4.78 is 14.8. The predicted octanol–water partition coefficient (Wildman–Crippen LogP) is 7.67. The van der Waals surface area contributed by atoms with Crippen LogP contribution in [0.2, 0.25) is 5.02 Å². The summed E-state index contributed by atoms with van der Waals surface area (Å²) in [6.07, 6.45) is 12.7. The van der Waals surface area contributed by atoms with E-state index in [1.54, 1.807) is 0 Å². The molecule has 2 aromatic carbocycles. The molecule has 41 heavy (non-hydrogen) atoms. The van der Waals surface area contributed by atoms with Crippen molar-refractivity contribution in [3.8, 4) is 11.5 Å². The third-order valence-corrected chi connectivity index (χ3v) is 9.21. The van der Waals surface area contributed by atoms with Gasteiger partial charge in [0.15, 0.2) is 0 Å². The lowest BCUT2D eigenvalue weighted by Crippen LogP contribution is -2.32. The second-order valence-corrected chi connectivity index (χ2v) is 12.9. The van der Waals surface area contributed by atoms with Gasteiger partial charge in [0.2, 0.25) is 0 Å². The van der Waals surface area contributed by atoms with E-state index in [9.17, 15) is 0 Å². The number of hydrogen-bond acceptors (Lipinski definition) is 5. The number of unbranched alkanes of at least 4 members (excludes halogenated alkanes) is 2. The number of para-hydroxylation sites is 1. The summed E-state index contributed by atoms with van der Waals surface area (Å²) in [5.41, 5.74) is 2.09. The molecule has 0 radical (unpaired) electrons. The number of fused-ring (bicyclic) bond motifs is 1. The summed E-state index contributed by atoms with van der Waals surface area (Å²) >= 11 is 6.07. The average molecular weight is 581 g/mol. The Balaban J connectivity index is 1.20. The van der Waals surface area contributed by atoms with Gasteiger partial charge in [0.25, 0.3) is 0 Å². The van der Waals surface area contributed by atoms with Crippen molar-refractivity contribution in [2.24, 2.45) is 11.8 Å². The number of benzene rings is 2. The van der Waals surface area contributed by atoms with Gasteiger partial charge in [-0.25, -0.2) is 4.98 Å². The van der Waals surface area contributed by atoms with E-state index in [4.69, 9.17) is 26.1 Å². The summed E-state index contributed by atoms with van der Waals surface area (Å²) in [5.74, 6) is 4.30. The van der Waals surface area contributed by atoms with Gasteiger partial charge in [0.1, 0.15) is 29.4 Å².